The second kappa shape index (κ2) is 7.37. The molecule has 2 amide bonds. The second-order valence-corrected chi connectivity index (χ2v) is 6.29. The van der Waals surface area contributed by atoms with E-state index in [2.05, 4.69) is 11.4 Å². The molecule has 0 aromatic heterocycles. The van der Waals surface area contributed by atoms with Crippen molar-refractivity contribution in [3.05, 3.63) is 64.7 Å². The van der Waals surface area contributed by atoms with Crippen molar-refractivity contribution in [2.75, 3.05) is 11.4 Å². The van der Waals surface area contributed by atoms with Crippen LogP contribution in [0, 0.1) is 17.2 Å². The van der Waals surface area contributed by atoms with Crippen LogP contribution in [0.15, 0.2) is 48.5 Å². The van der Waals surface area contributed by atoms with E-state index in [9.17, 15) is 9.59 Å². The molecule has 1 unspecified atom stereocenters. The summed E-state index contributed by atoms with van der Waals surface area (Å²) in [5, 5.41) is 12.2. The molecule has 5 nitrogen and oxygen atoms in total. The highest BCUT2D eigenvalue weighted by atomic mass is 35.5. The maximum absolute atomic E-state index is 12.4. The molecule has 0 aliphatic carbocycles. The number of carbonyl (C=O) groups excluding carboxylic acids is 2. The molecule has 126 valence electrons. The highest BCUT2D eigenvalue weighted by molar-refractivity contribution is 6.33. The van der Waals surface area contributed by atoms with Gasteiger partial charge in [0.15, 0.2) is 0 Å². The lowest BCUT2D eigenvalue weighted by Gasteiger charge is -2.18. The van der Waals surface area contributed by atoms with Crippen molar-refractivity contribution in [2.45, 2.75) is 13.0 Å². The van der Waals surface area contributed by atoms with Crippen LogP contribution in [0.5, 0.6) is 0 Å². The standard InChI is InChI=1S/C19H16ClN3O2/c20-16-6-1-2-7-17(16)23-12-15(9-18(23)24)19(25)22-11-14-5-3-4-13(8-14)10-21/h1-8,15H,9,11-12H2,(H,22,25). The van der Waals surface area contributed by atoms with Crippen LogP contribution in [0.2, 0.25) is 5.02 Å². The highest BCUT2D eigenvalue weighted by Crippen LogP contribution is 2.31. The van der Waals surface area contributed by atoms with Crippen LogP contribution in [0.3, 0.4) is 0 Å². The summed E-state index contributed by atoms with van der Waals surface area (Å²) in [6.07, 6.45) is 0.162. The molecule has 1 aliphatic heterocycles. The van der Waals surface area contributed by atoms with Crippen molar-refractivity contribution >= 4 is 29.1 Å². The number of para-hydroxylation sites is 1. The lowest BCUT2D eigenvalue weighted by molar-refractivity contribution is -0.126. The Kier molecular flexibility index (Phi) is 5.01. The maximum Gasteiger partial charge on any atom is 0.227 e. The molecule has 1 aliphatic rings. The minimum Gasteiger partial charge on any atom is -0.352 e. The number of hydrogen-bond acceptors (Lipinski definition) is 3. The van der Waals surface area contributed by atoms with E-state index in [4.69, 9.17) is 16.9 Å². The number of amides is 2. The van der Waals surface area contributed by atoms with E-state index in [1.54, 1.807) is 41.3 Å². The van der Waals surface area contributed by atoms with E-state index in [-0.39, 0.29) is 18.2 Å². The zero-order chi connectivity index (χ0) is 17.8. The zero-order valence-corrected chi connectivity index (χ0v) is 14.2. The lowest BCUT2D eigenvalue weighted by Crippen LogP contribution is -2.32. The molecule has 0 spiro atoms. The normalized spacial score (nSPS) is 16.6. The van der Waals surface area contributed by atoms with E-state index >= 15 is 0 Å². The van der Waals surface area contributed by atoms with Crippen LogP contribution in [-0.4, -0.2) is 18.4 Å². The van der Waals surface area contributed by atoms with Gasteiger partial charge in [-0.3, -0.25) is 9.59 Å². The van der Waals surface area contributed by atoms with Crippen molar-refractivity contribution in [3.63, 3.8) is 0 Å². The molecule has 1 heterocycles. The summed E-state index contributed by atoms with van der Waals surface area (Å²) < 4.78 is 0. The minimum atomic E-state index is -0.414. The van der Waals surface area contributed by atoms with Gasteiger partial charge in [0.1, 0.15) is 0 Å². The average Bonchev–Trinajstić information content (AvgIpc) is 3.02. The van der Waals surface area contributed by atoms with Gasteiger partial charge >= 0.3 is 0 Å². The van der Waals surface area contributed by atoms with Crippen LogP contribution in [0.4, 0.5) is 5.69 Å². The number of benzene rings is 2. The third-order valence-electron chi connectivity index (χ3n) is 4.16. The fraction of sp³-hybridized carbons (Fsp3) is 0.211. The molecule has 0 bridgehead atoms. The molecule has 3 rings (SSSR count). The summed E-state index contributed by atoms with van der Waals surface area (Å²) in [5.41, 5.74) is 2.03. The Morgan fingerprint density at radius 1 is 1.28 bits per heavy atom. The van der Waals surface area contributed by atoms with Crippen LogP contribution in [0.1, 0.15) is 17.5 Å². The molecule has 25 heavy (non-hydrogen) atoms. The average molecular weight is 354 g/mol. The molecule has 1 saturated heterocycles. The van der Waals surface area contributed by atoms with Gasteiger partial charge < -0.3 is 10.2 Å². The van der Waals surface area contributed by atoms with Gasteiger partial charge in [0, 0.05) is 19.5 Å². The summed E-state index contributed by atoms with van der Waals surface area (Å²) in [7, 11) is 0. The Balaban J connectivity index is 1.63. The van der Waals surface area contributed by atoms with Crippen LogP contribution in [-0.2, 0) is 16.1 Å². The highest BCUT2D eigenvalue weighted by Gasteiger charge is 2.35. The predicted octanol–water partition coefficient (Wildman–Crippen LogP) is 2.88. The summed E-state index contributed by atoms with van der Waals surface area (Å²) in [4.78, 5) is 26.2. The molecular weight excluding hydrogens is 338 g/mol. The smallest absolute Gasteiger partial charge is 0.227 e. The Morgan fingerprint density at radius 2 is 2.08 bits per heavy atom. The quantitative estimate of drug-likeness (QED) is 0.918. The molecular formula is C19H16ClN3O2. The van der Waals surface area contributed by atoms with Gasteiger partial charge in [-0.1, -0.05) is 35.9 Å². The molecule has 2 aromatic carbocycles. The topological polar surface area (TPSA) is 73.2 Å². The fourth-order valence-electron chi connectivity index (χ4n) is 2.87. The van der Waals surface area contributed by atoms with Gasteiger partial charge in [-0.2, -0.15) is 5.26 Å². The fourth-order valence-corrected chi connectivity index (χ4v) is 3.11. The van der Waals surface area contributed by atoms with Crippen molar-refractivity contribution < 1.29 is 9.59 Å². The Labute approximate surface area is 150 Å². The van der Waals surface area contributed by atoms with Crippen LogP contribution < -0.4 is 10.2 Å². The van der Waals surface area contributed by atoms with Crippen molar-refractivity contribution in [3.8, 4) is 6.07 Å². The minimum absolute atomic E-state index is 0.111. The molecule has 1 fully saturated rings. The van der Waals surface area contributed by atoms with Gasteiger partial charge in [-0.25, -0.2) is 0 Å². The van der Waals surface area contributed by atoms with Gasteiger partial charge in [0.05, 0.1) is 28.3 Å². The van der Waals surface area contributed by atoms with Gasteiger partial charge in [-0.15, -0.1) is 0 Å². The number of nitriles is 1. The van der Waals surface area contributed by atoms with E-state index in [0.717, 1.165) is 5.56 Å². The summed E-state index contributed by atoms with van der Waals surface area (Å²) in [6.45, 7) is 0.637. The van der Waals surface area contributed by atoms with E-state index in [1.165, 1.54) is 0 Å². The Morgan fingerprint density at radius 3 is 2.84 bits per heavy atom. The third kappa shape index (κ3) is 3.81. The molecule has 1 N–H and O–H groups in total. The first-order valence-electron chi connectivity index (χ1n) is 7.90. The zero-order valence-electron chi connectivity index (χ0n) is 13.4. The Hall–Kier alpha value is -2.84. The van der Waals surface area contributed by atoms with E-state index < -0.39 is 5.92 Å². The first kappa shape index (κ1) is 17.0. The summed E-state index contributed by atoms with van der Waals surface area (Å²) >= 11 is 6.15. The number of hydrogen-bond donors (Lipinski definition) is 1. The molecule has 1 atom stereocenters. The largest absolute Gasteiger partial charge is 0.352 e. The van der Waals surface area contributed by atoms with E-state index in [1.807, 2.05) is 12.1 Å². The van der Waals surface area contributed by atoms with Crippen LogP contribution in [0.25, 0.3) is 0 Å². The first-order valence-corrected chi connectivity index (χ1v) is 8.28. The van der Waals surface area contributed by atoms with Gasteiger partial charge in [-0.05, 0) is 29.8 Å². The van der Waals surface area contributed by atoms with E-state index in [0.29, 0.717) is 29.4 Å². The third-order valence-corrected chi connectivity index (χ3v) is 4.48. The monoisotopic (exact) mass is 353 g/mol. The van der Waals surface area contributed by atoms with Crippen molar-refractivity contribution in [2.24, 2.45) is 5.92 Å². The lowest BCUT2D eigenvalue weighted by atomic mass is 10.1. The SMILES string of the molecule is N#Cc1cccc(CNC(=O)C2CC(=O)N(c3ccccc3Cl)C2)c1. The number of anilines is 1. The van der Waals surface area contributed by atoms with Crippen LogP contribution >= 0.6 is 11.6 Å². The number of carbonyl (C=O) groups is 2. The molecule has 2 aromatic rings. The maximum atomic E-state index is 12.4. The first-order chi connectivity index (χ1) is 12.1. The second-order valence-electron chi connectivity index (χ2n) is 5.89. The Bertz CT molecular complexity index is 860. The van der Waals surface area contributed by atoms with Crippen molar-refractivity contribution in [1.82, 2.24) is 5.32 Å². The number of nitrogens with one attached hydrogen (secondary N) is 1. The number of rotatable bonds is 4. The number of nitrogens with zero attached hydrogens (tertiary/aromatic N) is 2. The summed E-state index contributed by atoms with van der Waals surface area (Å²) in [5.74, 6) is -0.701. The molecule has 0 radical (unpaired) electrons. The van der Waals surface area contributed by atoms with Gasteiger partial charge in [0.2, 0.25) is 11.8 Å². The molecule has 6 heteroatoms. The molecule has 0 saturated carbocycles. The number of halogens is 1. The van der Waals surface area contributed by atoms with Gasteiger partial charge in [0.25, 0.3) is 0 Å². The predicted molar refractivity (Wildman–Crippen MR) is 94.9 cm³/mol. The summed E-state index contributed by atoms with van der Waals surface area (Å²) in [6, 6.07) is 16.2. The van der Waals surface area contributed by atoms with Crippen molar-refractivity contribution in [1.29, 1.82) is 5.26 Å².